The highest BCUT2D eigenvalue weighted by atomic mass is 35.5. The van der Waals surface area contributed by atoms with E-state index in [1.165, 1.54) is 0 Å². The van der Waals surface area contributed by atoms with Crippen molar-refractivity contribution in [3.63, 3.8) is 0 Å². The van der Waals surface area contributed by atoms with Gasteiger partial charge in [-0.05, 0) is 38.0 Å². The summed E-state index contributed by atoms with van der Waals surface area (Å²) >= 11 is 6.13. The molecule has 0 amide bonds. The molecule has 0 fully saturated rings. The van der Waals surface area contributed by atoms with Crippen LogP contribution in [-0.2, 0) is 4.74 Å². The maximum absolute atomic E-state index is 12.3. The van der Waals surface area contributed by atoms with Crippen molar-refractivity contribution in [2.45, 2.75) is 40.0 Å². The van der Waals surface area contributed by atoms with Gasteiger partial charge in [0.15, 0.2) is 0 Å². The molecule has 0 bridgehead atoms. The Morgan fingerprint density at radius 1 is 1.29 bits per heavy atom. The third-order valence-corrected chi connectivity index (χ3v) is 3.91. The van der Waals surface area contributed by atoms with Crippen LogP contribution in [-0.4, -0.2) is 17.6 Å². The lowest BCUT2D eigenvalue weighted by Gasteiger charge is -2.10. The second-order valence-corrected chi connectivity index (χ2v) is 5.63. The highest BCUT2D eigenvalue weighted by molar-refractivity contribution is 6.32. The fraction of sp³-hybridized carbons (Fsp3) is 0.412. The lowest BCUT2D eigenvalue weighted by Crippen LogP contribution is -2.08. The Morgan fingerprint density at radius 3 is 2.76 bits per heavy atom. The zero-order valence-corrected chi connectivity index (χ0v) is 13.5. The van der Waals surface area contributed by atoms with Gasteiger partial charge in [-0.2, -0.15) is 0 Å². The Labute approximate surface area is 130 Å². The zero-order valence-electron chi connectivity index (χ0n) is 12.7. The minimum absolute atomic E-state index is 0.289. The van der Waals surface area contributed by atoms with Crippen LogP contribution in [0.5, 0.6) is 0 Å². The summed E-state index contributed by atoms with van der Waals surface area (Å²) in [6.07, 6.45) is 3.07. The van der Waals surface area contributed by atoms with E-state index in [-0.39, 0.29) is 5.97 Å². The molecule has 0 aliphatic rings. The molecule has 0 radical (unpaired) electrons. The predicted molar refractivity (Wildman–Crippen MR) is 86.0 cm³/mol. The number of ether oxygens (including phenoxy) is 1. The lowest BCUT2D eigenvalue weighted by molar-refractivity contribution is 0.0500. The molecule has 0 spiro atoms. The van der Waals surface area contributed by atoms with Gasteiger partial charge in [0, 0.05) is 16.1 Å². The molecule has 21 heavy (non-hydrogen) atoms. The highest BCUT2D eigenvalue weighted by Crippen LogP contribution is 2.27. The first-order chi connectivity index (χ1) is 10.0. The Kier molecular flexibility index (Phi) is 5.18. The number of aromatic nitrogens is 1. The first kappa shape index (κ1) is 15.8. The SMILES string of the molecule is CCCCCOC(=O)c1cc(C)nc2c(C)c(Cl)ccc12. The molecule has 3 nitrogen and oxygen atoms in total. The van der Waals surface area contributed by atoms with Crippen LogP contribution in [0.4, 0.5) is 0 Å². The summed E-state index contributed by atoms with van der Waals surface area (Å²) in [4.78, 5) is 16.8. The smallest absolute Gasteiger partial charge is 0.338 e. The Balaban J connectivity index is 2.35. The number of aryl methyl sites for hydroxylation is 2. The number of benzene rings is 1. The second-order valence-electron chi connectivity index (χ2n) is 5.22. The third-order valence-electron chi connectivity index (χ3n) is 3.50. The number of esters is 1. The van der Waals surface area contributed by atoms with Crippen molar-refractivity contribution in [1.82, 2.24) is 4.98 Å². The van der Waals surface area contributed by atoms with Gasteiger partial charge in [-0.15, -0.1) is 0 Å². The summed E-state index contributed by atoms with van der Waals surface area (Å²) in [7, 11) is 0. The molecule has 0 N–H and O–H groups in total. The summed E-state index contributed by atoms with van der Waals surface area (Å²) in [6.45, 7) is 6.36. The third kappa shape index (κ3) is 3.53. The van der Waals surface area contributed by atoms with Gasteiger partial charge >= 0.3 is 5.97 Å². The molecule has 112 valence electrons. The van der Waals surface area contributed by atoms with E-state index in [0.29, 0.717) is 17.2 Å². The van der Waals surface area contributed by atoms with Gasteiger partial charge in [-0.3, -0.25) is 4.98 Å². The summed E-state index contributed by atoms with van der Waals surface area (Å²) in [5, 5.41) is 1.45. The van der Waals surface area contributed by atoms with Crippen LogP contribution >= 0.6 is 11.6 Å². The number of rotatable bonds is 5. The van der Waals surface area contributed by atoms with Crippen molar-refractivity contribution in [1.29, 1.82) is 0 Å². The Morgan fingerprint density at radius 2 is 2.05 bits per heavy atom. The number of halogens is 1. The van der Waals surface area contributed by atoms with Crippen LogP contribution < -0.4 is 0 Å². The molecule has 0 aliphatic carbocycles. The molecule has 0 atom stereocenters. The van der Waals surface area contributed by atoms with Crippen LogP contribution in [0, 0.1) is 13.8 Å². The number of nitrogens with zero attached hydrogens (tertiary/aromatic N) is 1. The van der Waals surface area contributed by atoms with Gasteiger partial charge < -0.3 is 4.74 Å². The van der Waals surface area contributed by atoms with Gasteiger partial charge in [0.1, 0.15) is 0 Å². The standard InChI is InChI=1S/C17H20ClNO2/c1-4-5-6-9-21-17(20)14-10-11(2)19-16-12(3)15(18)8-7-13(14)16/h7-8,10H,4-6,9H2,1-3H3. The van der Waals surface area contributed by atoms with Crippen molar-refractivity contribution < 1.29 is 9.53 Å². The maximum Gasteiger partial charge on any atom is 0.338 e. The fourth-order valence-electron chi connectivity index (χ4n) is 2.30. The quantitative estimate of drug-likeness (QED) is 0.585. The van der Waals surface area contributed by atoms with E-state index in [1.807, 2.05) is 19.9 Å². The number of carbonyl (C=O) groups is 1. The number of carbonyl (C=O) groups excluding carboxylic acids is 1. The van der Waals surface area contributed by atoms with Gasteiger partial charge in [0.05, 0.1) is 17.7 Å². The molecule has 4 heteroatoms. The molecule has 0 unspecified atom stereocenters. The molecule has 1 aromatic heterocycles. The van der Waals surface area contributed by atoms with Gasteiger partial charge in [-0.1, -0.05) is 37.4 Å². The summed E-state index contributed by atoms with van der Waals surface area (Å²) in [5.74, 6) is -0.289. The summed E-state index contributed by atoms with van der Waals surface area (Å²) < 4.78 is 5.36. The van der Waals surface area contributed by atoms with Crippen LogP contribution in [0.3, 0.4) is 0 Å². The minimum atomic E-state index is -0.289. The molecule has 1 aromatic carbocycles. The van der Waals surface area contributed by atoms with Crippen LogP contribution in [0.25, 0.3) is 10.9 Å². The average molecular weight is 306 g/mol. The van der Waals surface area contributed by atoms with E-state index in [0.717, 1.165) is 41.4 Å². The van der Waals surface area contributed by atoms with E-state index in [2.05, 4.69) is 11.9 Å². The number of hydrogen-bond donors (Lipinski definition) is 0. The molecular weight excluding hydrogens is 286 g/mol. The number of unbranched alkanes of at least 4 members (excludes halogenated alkanes) is 2. The zero-order chi connectivity index (χ0) is 15.4. The van der Waals surface area contributed by atoms with Crippen molar-refractivity contribution in [2.24, 2.45) is 0 Å². The molecule has 2 aromatic rings. The van der Waals surface area contributed by atoms with E-state index in [4.69, 9.17) is 16.3 Å². The highest BCUT2D eigenvalue weighted by Gasteiger charge is 2.15. The van der Waals surface area contributed by atoms with Crippen molar-refractivity contribution in [3.8, 4) is 0 Å². The largest absolute Gasteiger partial charge is 0.462 e. The van der Waals surface area contributed by atoms with E-state index in [9.17, 15) is 4.79 Å². The normalized spacial score (nSPS) is 10.9. The maximum atomic E-state index is 12.3. The number of hydrogen-bond acceptors (Lipinski definition) is 3. The Bertz CT molecular complexity index is 667. The molecule has 0 saturated carbocycles. The van der Waals surface area contributed by atoms with E-state index >= 15 is 0 Å². The minimum Gasteiger partial charge on any atom is -0.462 e. The van der Waals surface area contributed by atoms with E-state index in [1.54, 1.807) is 12.1 Å². The molecule has 2 rings (SSSR count). The molecular formula is C17H20ClNO2. The molecule has 1 heterocycles. The molecule has 0 saturated heterocycles. The van der Waals surface area contributed by atoms with Gasteiger partial charge in [0.2, 0.25) is 0 Å². The monoisotopic (exact) mass is 305 g/mol. The van der Waals surface area contributed by atoms with Crippen molar-refractivity contribution in [3.05, 3.63) is 40.0 Å². The van der Waals surface area contributed by atoms with Crippen LogP contribution in [0.2, 0.25) is 5.02 Å². The van der Waals surface area contributed by atoms with Gasteiger partial charge in [-0.25, -0.2) is 4.79 Å². The Hall–Kier alpha value is -1.61. The van der Waals surface area contributed by atoms with Crippen molar-refractivity contribution in [2.75, 3.05) is 6.61 Å². The second kappa shape index (κ2) is 6.90. The predicted octanol–water partition coefficient (Wildman–Crippen LogP) is 4.85. The van der Waals surface area contributed by atoms with Crippen LogP contribution in [0.15, 0.2) is 18.2 Å². The van der Waals surface area contributed by atoms with Crippen molar-refractivity contribution >= 4 is 28.5 Å². The lowest BCUT2D eigenvalue weighted by atomic mass is 10.0. The van der Waals surface area contributed by atoms with Gasteiger partial charge in [0.25, 0.3) is 0 Å². The van der Waals surface area contributed by atoms with E-state index < -0.39 is 0 Å². The topological polar surface area (TPSA) is 39.2 Å². The summed E-state index contributed by atoms with van der Waals surface area (Å²) in [6, 6.07) is 5.40. The van der Waals surface area contributed by atoms with Crippen LogP contribution in [0.1, 0.15) is 47.8 Å². The fourth-order valence-corrected chi connectivity index (χ4v) is 2.45. The first-order valence-corrected chi connectivity index (χ1v) is 7.66. The first-order valence-electron chi connectivity index (χ1n) is 7.28. The summed E-state index contributed by atoms with van der Waals surface area (Å²) in [5.41, 5.74) is 3.00. The number of fused-ring (bicyclic) bond motifs is 1. The average Bonchev–Trinajstić information content (AvgIpc) is 2.47. The molecule has 0 aliphatic heterocycles. The number of pyridine rings is 1.